The van der Waals surface area contributed by atoms with Crippen LogP contribution < -0.4 is 10.0 Å². The minimum atomic E-state index is -0.685. The zero-order chi connectivity index (χ0) is 12.3. The van der Waals surface area contributed by atoms with E-state index < -0.39 is 6.09 Å². The summed E-state index contributed by atoms with van der Waals surface area (Å²) < 4.78 is 12.1. The summed E-state index contributed by atoms with van der Waals surface area (Å²) in [5.74, 6) is 0.483. The number of aryl methyl sites for hydroxylation is 2. The van der Waals surface area contributed by atoms with E-state index >= 15 is 0 Å². The SMILES string of the molecule is [2H]N(C)C(=O)Oc1cc(C)c(SC)c(C)c1. The molecule has 1 rings (SSSR count). The van der Waals surface area contributed by atoms with Gasteiger partial charge in [-0.2, -0.15) is 0 Å². The molecule has 0 fully saturated rings. The van der Waals surface area contributed by atoms with Gasteiger partial charge in [0.15, 0.2) is 1.41 Å². The Labute approximate surface area is 95.7 Å². The van der Waals surface area contributed by atoms with Crippen LogP contribution in [-0.2, 0) is 0 Å². The van der Waals surface area contributed by atoms with Gasteiger partial charge in [0.05, 0.1) is 0 Å². The summed E-state index contributed by atoms with van der Waals surface area (Å²) in [6.07, 6.45) is 1.33. The Morgan fingerprint density at radius 3 is 2.40 bits per heavy atom. The summed E-state index contributed by atoms with van der Waals surface area (Å²) in [5.41, 5.74) is 2.14. The first-order chi connectivity index (χ1) is 7.45. The Morgan fingerprint density at radius 2 is 2.00 bits per heavy atom. The number of hydrogen-bond acceptors (Lipinski definition) is 3. The average molecular weight is 226 g/mol. The summed E-state index contributed by atoms with van der Waals surface area (Å²) in [5, 5.41) is 0.660. The Bertz CT molecular complexity index is 384. The molecule has 0 unspecified atom stereocenters. The summed E-state index contributed by atoms with van der Waals surface area (Å²) in [6.45, 7) is 3.95. The zero-order valence-electron chi connectivity index (χ0n) is 10.3. The minimum absolute atomic E-state index is 0.483. The molecule has 0 aliphatic heterocycles. The molecule has 82 valence electrons. The summed E-state index contributed by atoms with van der Waals surface area (Å²) in [7, 11) is 1.33. The second-order valence-corrected chi connectivity index (χ2v) is 4.00. The van der Waals surface area contributed by atoms with Crippen molar-refractivity contribution in [2.75, 3.05) is 13.3 Å². The van der Waals surface area contributed by atoms with Crippen LogP contribution in [0.25, 0.3) is 0 Å². The molecule has 0 aliphatic carbocycles. The third kappa shape index (κ3) is 2.89. The third-order valence-electron chi connectivity index (χ3n) is 2.03. The number of carbonyl (C=O) groups is 1. The zero-order valence-corrected chi connectivity index (χ0v) is 10.1. The lowest BCUT2D eigenvalue weighted by Crippen LogP contribution is -2.22. The lowest BCUT2D eigenvalue weighted by atomic mass is 10.1. The van der Waals surface area contributed by atoms with Crippen molar-refractivity contribution in [3.05, 3.63) is 23.3 Å². The highest BCUT2D eigenvalue weighted by atomic mass is 32.2. The van der Waals surface area contributed by atoms with Crippen molar-refractivity contribution < 1.29 is 10.9 Å². The number of amides is 1. The molecule has 0 spiro atoms. The van der Waals surface area contributed by atoms with Gasteiger partial charge in [-0.15, -0.1) is 11.8 Å². The van der Waals surface area contributed by atoms with Crippen molar-refractivity contribution in [2.45, 2.75) is 18.7 Å². The van der Waals surface area contributed by atoms with Crippen LogP contribution in [0.1, 0.15) is 11.1 Å². The quantitative estimate of drug-likeness (QED) is 0.788. The molecular formula is C11H15NO2S. The van der Waals surface area contributed by atoms with Gasteiger partial charge in [0, 0.05) is 11.9 Å². The second kappa shape index (κ2) is 5.07. The highest BCUT2D eigenvalue weighted by Gasteiger charge is 2.07. The van der Waals surface area contributed by atoms with Gasteiger partial charge in [0.25, 0.3) is 0 Å². The van der Waals surface area contributed by atoms with Gasteiger partial charge in [0.1, 0.15) is 5.75 Å². The average Bonchev–Trinajstić information content (AvgIpc) is 2.16. The van der Waals surface area contributed by atoms with Gasteiger partial charge >= 0.3 is 6.09 Å². The molecule has 1 aromatic rings. The van der Waals surface area contributed by atoms with Crippen molar-refractivity contribution in [1.29, 1.82) is 0 Å². The molecule has 1 amide bonds. The van der Waals surface area contributed by atoms with Crippen LogP contribution in [0.3, 0.4) is 0 Å². The van der Waals surface area contributed by atoms with Crippen LogP contribution in [0.2, 0.25) is 1.41 Å². The van der Waals surface area contributed by atoms with Crippen molar-refractivity contribution >= 4 is 17.9 Å². The van der Waals surface area contributed by atoms with Crippen LogP contribution >= 0.6 is 11.8 Å². The fourth-order valence-corrected chi connectivity index (χ4v) is 2.20. The predicted octanol–water partition coefficient (Wildman–Crippen LogP) is 2.74. The van der Waals surface area contributed by atoms with E-state index in [-0.39, 0.29) is 0 Å². The van der Waals surface area contributed by atoms with Gasteiger partial charge in [-0.05, 0) is 43.4 Å². The predicted molar refractivity (Wildman–Crippen MR) is 62.8 cm³/mol. The van der Waals surface area contributed by atoms with E-state index in [0.717, 1.165) is 11.1 Å². The van der Waals surface area contributed by atoms with Crippen molar-refractivity contribution in [2.24, 2.45) is 0 Å². The molecule has 15 heavy (non-hydrogen) atoms. The second-order valence-electron chi connectivity index (χ2n) is 3.18. The highest BCUT2D eigenvalue weighted by molar-refractivity contribution is 7.98. The molecule has 0 heterocycles. The van der Waals surface area contributed by atoms with Gasteiger partial charge < -0.3 is 10.0 Å². The molecule has 0 aliphatic rings. The normalized spacial score (nSPS) is 10.8. The van der Waals surface area contributed by atoms with Crippen LogP contribution in [-0.4, -0.2) is 19.4 Å². The van der Waals surface area contributed by atoms with Gasteiger partial charge in [-0.3, -0.25) is 0 Å². The number of rotatable bonds is 2. The Kier molecular flexibility index (Phi) is 3.50. The van der Waals surface area contributed by atoms with Crippen LogP contribution in [0.4, 0.5) is 4.79 Å². The fraction of sp³-hybridized carbons (Fsp3) is 0.364. The lowest BCUT2D eigenvalue weighted by Gasteiger charge is -2.10. The van der Waals surface area contributed by atoms with E-state index in [4.69, 9.17) is 6.15 Å². The highest BCUT2D eigenvalue weighted by Crippen LogP contribution is 2.28. The van der Waals surface area contributed by atoms with Crippen LogP contribution in [0.5, 0.6) is 5.75 Å². The molecule has 0 aromatic heterocycles. The lowest BCUT2D eigenvalue weighted by molar-refractivity contribution is 0.203. The number of ether oxygens (including phenoxy) is 1. The Morgan fingerprint density at radius 1 is 1.47 bits per heavy atom. The standard InChI is InChI=1S/C11H15NO2S/c1-7-5-9(14-11(13)12-3)6-8(2)10(7)15-4/h5-6H,1-4H3,(H,12,13)/i/hD. The molecular weight excluding hydrogens is 210 g/mol. The Hall–Kier alpha value is -1.16. The summed E-state index contributed by atoms with van der Waals surface area (Å²) >= 11 is 1.67. The fourth-order valence-electron chi connectivity index (χ4n) is 1.44. The van der Waals surface area contributed by atoms with Gasteiger partial charge in [-0.25, -0.2) is 4.79 Å². The number of hydrogen-bond donors (Lipinski definition) is 1. The van der Waals surface area contributed by atoms with Crippen molar-refractivity contribution in [3.63, 3.8) is 0 Å². The van der Waals surface area contributed by atoms with E-state index in [1.165, 1.54) is 11.9 Å². The van der Waals surface area contributed by atoms with E-state index in [1.807, 2.05) is 20.1 Å². The maximum Gasteiger partial charge on any atom is 0.412 e. The number of nitrogens with one attached hydrogen (secondary N) is 1. The first-order valence-electron chi connectivity index (χ1n) is 5.00. The van der Waals surface area contributed by atoms with Crippen molar-refractivity contribution in [3.8, 4) is 5.75 Å². The molecule has 1 aromatic carbocycles. The van der Waals surface area contributed by atoms with Crippen molar-refractivity contribution in [1.82, 2.24) is 5.31 Å². The van der Waals surface area contributed by atoms with Gasteiger partial charge in [0.2, 0.25) is 0 Å². The molecule has 0 bridgehead atoms. The van der Waals surface area contributed by atoms with Crippen LogP contribution in [0.15, 0.2) is 17.0 Å². The van der Waals surface area contributed by atoms with E-state index in [0.29, 0.717) is 11.1 Å². The maximum atomic E-state index is 11.2. The topological polar surface area (TPSA) is 38.3 Å². The Balaban J connectivity index is 2.96. The summed E-state index contributed by atoms with van der Waals surface area (Å²) in [6, 6.07) is 3.61. The number of carbonyl (C=O) groups excluding carboxylic acids is 1. The molecule has 0 radical (unpaired) electrons. The first kappa shape index (κ1) is 10.4. The number of benzene rings is 1. The van der Waals surface area contributed by atoms with E-state index in [2.05, 4.69) is 0 Å². The molecule has 0 saturated heterocycles. The molecule has 3 nitrogen and oxygen atoms in total. The molecule has 0 atom stereocenters. The largest absolute Gasteiger partial charge is 0.412 e. The monoisotopic (exact) mass is 226 g/mol. The van der Waals surface area contributed by atoms with E-state index in [1.54, 1.807) is 23.9 Å². The van der Waals surface area contributed by atoms with E-state index in [9.17, 15) is 4.79 Å². The third-order valence-corrected chi connectivity index (χ3v) is 3.08. The first-order valence-corrected chi connectivity index (χ1v) is 5.78. The maximum absolute atomic E-state index is 11.2. The smallest absolute Gasteiger partial charge is 0.410 e. The van der Waals surface area contributed by atoms with Crippen LogP contribution in [0, 0.1) is 13.8 Å². The molecule has 1 N–H and O–H groups in total. The molecule has 4 heteroatoms. The van der Waals surface area contributed by atoms with Gasteiger partial charge in [-0.1, -0.05) is 0 Å². The number of thioether (sulfide) groups is 1. The summed E-state index contributed by atoms with van der Waals surface area (Å²) in [4.78, 5) is 12.4. The molecule has 0 saturated carbocycles. The minimum Gasteiger partial charge on any atom is -0.410 e.